The molecule has 152 valence electrons. The van der Waals surface area contributed by atoms with E-state index in [-0.39, 0.29) is 5.75 Å². The molecule has 1 heterocycles. The highest BCUT2D eigenvalue weighted by Crippen LogP contribution is 2.38. The van der Waals surface area contributed by atoms with Crippen LogP contribution in [0.25, 0.3) is 22.4 Å². The number of methoxy groups -OCH3 is 1. The maximum absolute atomic E-state index is 10.7. The largest absolute Gasteiger partial charge is 0.507 e. The van der Waals surface area contributed by atoms with Crippen LogP contribution in [0.4, 0.5) is 0 Å². The number of aromatic nitrogens is 2. The van der Waals surface area contributed by atoms with Gasteiger partial charge in [0.05, 0.1) is 7.11 Å². The van der Waals surface area contributed by atoms with Crippen molar-refractivity contribution in [3.05, 3.63) is 83.5 Å². The van der Waals surface area contributed by atoms with Gasteiger partial charge in [-0.3, -0.25) is 4.68 Å². The van der Waals surface area contributed by atoms with Gasteiger partial charge in [0, 0.05) is 35.5 Å². The summed E-state index contributed by atoms with van der Waals surface area (Å²) in [5, 5.41) is 15.9. The molecule has 5 nitrogen and oxygen atoms in total. The summed E-state index contributed by atoms with van der Waals surface area (Å²) < 4.78 is 12.9. The second-order valence-electron chi connectivity index (χ2n) is 6.89. The van der Waals surface area contributed by atoms with Gasteiger partial charge in [-0.25, -0.2) is 0 Å². The highest BCUT2D eigenvalue weighted by atomic mass is 35.5. The van der Waals surface area contributed by atoms with E-state index < -0.39 is 0 Å². The molecule has 1 N–H and O–H groups in total. The summed E-state index contributed by atoms with van der Waals surface area (Å²) in [5.41, 5.74) is 4.18. The molecule has 6 heteroatoms. The third kappa shape index (κ3) is 4.26. The van der Waals surface area contributed by atoms with Crippen LogP contribution in [0.5, 0.6) is 17.2 Å². The number of hydrogen-bond acceptors (Lipinski definition) is 4. The van der Waals surface area contributed by atoms with E-state index in [1.807, 2.05) is 73.9 Å². The highest BCUT2D eigenvalue weighted by molar-refractivity contribution is 6.30. The number of halogens is 1. The van der Waals surface area contributed by atoms with Crippen LogP contribution >= 0.6 is 11.6 Å². The highest BCUT2D eigenvalue weighted by Gasteiger charge is 2.16. The van der Waals surface area contributed by atoms with Crippen LogP contribution < -0.4 is 9.47 Å². The summed E-state index contributed by atoms with van der Waals surface area (Å²) in [6.07, 6.45) is 1.93. The first-order chi connectivity index (χ1) is 14.5. The molecular formula is C24H21ClN2O3. The van der Waals surface area contributed by atoms with Crippen molar-refractivity contribution in [3.8, 4) is 39.6 Å². The number of phenolic OH excluding ortho intramolecular Hbond substituents is 1. The Balaban J connectivity index is 1.61. The minimum atomic E-state index is 0.103. The van der Waals surface area contributed by atoms with Crippen LogP contribution in [0.2, 0.25) is 5.02 Å². The molecular weight excluding hydrogens is 400 g/mol. The van der Waals surface area contributed by atoms with Gasteiger partial charge < -0.3 is 14.6 Å². The van der Waals surface area contributed by atoms with Gasteiger partial charge in [0.2, 0.25) is 0 Å². The van der Waals surface area contributed by atoms with Crippen molar-refractivity contribution >= 4 is 11.6 Å². The number of nitrogens with zero attached hydrogens (tertiary/aromatic N) is 2. The lowest BCUT2D eigenvalue weighted by molar-refractivity contribution is 0.304. The lowest BCUT2D eigenvalue weighted by Gasteiger charge is -2.10. The number of hydrogen-bond donors (Lipinski definition) is 1. The molecule has 0 saturated heterocycles. The molecule has 0 aliphatic rings. The predicted molar refractivity (Wildman–Crippen MR) is 118 cm³/mol. The molecule has 3 aromatic carbocycles. The van der Waals surface area contributed by atoms with Crippen molar-refractivity contribution in [2.45, 2.75) is 6.61 Å². The monoisotopic (exact) mass is 420 g/mol. The summed E-state index contributed by atoms with van der Waals surface area (Å²) in [4.78, 5) is 0. The molecule has 0 atom stereocenters. The third-order valence-electron chi connectivity index (χ3n) is 4.75. The third-order valence-corrected chi connectivity index (χ3v) is 5.00. The molecule has 4 rings (SSSR count). The van der Waals surface area contributed by atoms with Crippen LogP contribution in [0.3, 0.4) is 0 Å². The maximum Gasteiger partial charge on any atom is 0.128 e. The normalized spacial score (nSPS) is 10.8. The zero-order valence-electron chi connectivity index (χ0n) is 16.7. The molecule has 0 saturated carbocycles. The SMILES string of the molecule is COc1cccc(-c2cn(C)nc2-c2ccc(OCc3ccc(Cl)cc3)cc2O)c1. The van der Waals surface area contributed by atoms with E-state index in [1.165, 1.54) is 0 Å². The molecule has 1 aromatic heterocycles. The van der Waals surface area contributed by atoms with E-state index in [0.29, 0.717) is 28.6 Å². The minimum Gasteiger partial charge on any atom is -0.507 e. The summed E-state index contributed by atoms with van der Waals surface area (Å²) in [6.45, 7) is 0.384. The molecule has 0 fully saturated rings. The van der Waals surface area contributed by atoms with Crippen molar-refractivity contribution in [1.82, 2.24) is 9.78 Å². The molecule has 0 aliphatic heterocycles. The smallest absolute Gasteiger partial charge is 0.128 e. The van der Waals surface area contributed by atoms with E-state index in [2.05, 4.69) is 5.10 Å². The summed E-state index contributed by atoms with van der Waals surface area (Å²) in [7, 11) is 3.49. The average Bonchev–Trinajstić information content (AvgIpc) is 3.15. The van der Waals surface area contributed by atoms with Crippen LogP contribution in [-0.2, 0) is 13.7 Å². The van der Waals surface area contributed by atoms with Gasteiger partial charge in [0.25, 0.3) is 0 Å². The zero-order valence-corrected chi connectivity index (χ0v) is 17.4. The van der Waals surface area contributed by atoms with E-state index >= 15 is 0 Å². The fourth-order valence-electron chi connectivity index (χ4n) is 3.24. The van der Waals surface area contributed by atoms with Crippen molar-refractivity contribution in [3.63, 3.8) is 0 Å². The molecule has 0 amide bonds. The second kappa shape index (κ2) is 8.51. The lowest BCUT2D eigenvalue weighted by Crippen LogP contribution is -1.95. The first-order valence-electron chi connectivity index (χ1n) is 9.42. The van der Waals surface area contributed by atoms with Crippen LogP contribution in [-0.4, -0.2) is 22.0 Å². The Bertz CT molecular complexity index is 1170. The van der Waals surface area contributed by atoms with Gasteiger partial charge in [-0.2, -0.15) is 5.10 Å². The number of phenols is 1. The number of aryl methyl sites for hydroxylation is 1. The molecule has 30 heavy (non-hydrogen) atoms. The van der Waals surface area contributed by atoms with Crippen molar-refractivity contribution in [2.75, 3.05) is 7.11 Å². The van der Waals surface area contributed by atoms with Gasteiger partial charge in [-0.05, 0) is 47.5 Å². The Kier molecular flexibility index (Phi) is 5.63. The first-order valence-corrected chi connectivity index (χ1v) is 9.80. The topological polar surface area (TPSA) is 56.5 Å². The van der Waals surface area contributed by atoms with Crippen LogP contribution in [0, 0.1) is 0 Å². The number of benzene rings is 3. The number of rotatable bonds is 6. The molecule has 0 aliphatic carbocycles. The first kappa shape index (κ1) is 19.9. The fraction of sp³-hybridized carbons (Fsp3) is 0.125. The van der Waals surface area contributed by atoms with Gasteiger partial charge in [-0.15, -0.1) is 0 Å². The Morgan fingerprint density at radius 3 is 2.50 bits per heavy atom. The number of ether oxygens (including phenoxy) is 2. The summed E-state index contributed by atoms with van der Waals surface area (Å²) in [6, 6.07) is 20.5. The molecule has 0 unspecified atom stereocenters. The average molecular weight is 421 g/mol. The van der Waals surface area contributed by atoms with Crippen molar-refractivity contribution in [1.29, 1.82) is 0 Å². The zero-order chi connectivity index (χ0) is 21.1. The van der Waals surface area contributed by atoms with E-state index in [4.69, 9.17) is 21.1 Å². The Morgan fingerprint density at radius 2 is 1.77 bits per heavy atom. The molecule has 0 spiro atoms. The van der Waals surface area contributed by atoms with E-state index in [9.17, 15) is 5.11 Å². The van der Waals surface area contributed by atoms with Crippen molar-refractivity contribution in [2.24, 2.45) is 7.05 Å². The second-order valence-corrected chi connectivity index (χ2v) is 7.33. The van der Waals surface area contributed by atoms with Gasteiger partial charge >= 0.3 is 0 Å². The maximum atomic E-state index is 10.7. The van der Waals surface area contributed by atoms with Crippen LogP contribution in [0.1, 0.15) is 5.56 Å². The van der Waals surface area contributed by atoms with Crippen molar-refractivity contribution < 1.29 is 14.6 Å². The Morgan fingerprint density at radius 1 is 0.967 bits per heavy atom. The lowest BCUT2D eigenvalue weighted by atomic mass is 10.0. The molecule has 0 radical (unpaired) electrons. The minimum absolute atomic E-state index is 0.103. The van der Waals surface area contributed by atoms with Gasteiger partial charge in [0.15, 0.2) is 0 Å². The predicted octanol–water partition coefficient (Wildman–Crippen LogP) is 5.70. The fourth-order valence-corrected chi connectivity index (χ4v) is 3.36. The quantitative estimate of drug-likeness (QED) is 0.434. The summed E-state index contributed by atoms with van der Waals surface area (Å²) in [5.74, 6) is 1.44. The molecule has 4 aromatic rings. The molecule has 0 bridgehead atoms. The van der Waals surface area contributed by atoms with Gasteiger partial charge in [-0.1, -0.05) is 35.9 Å². The van der Waals surface area contributed by atoms with E-state index in [1.54, 1.807) is 17.9 Å². The van der Waals surface area contributed by atoms with Gasteiger partial charge in [0.1, 0.15) is 29.5 Å². The number of aromatic hydroxyl groups is 1. The Labute approximate surface area is 180 Å². The van der Waals surface area contributed by atoms with Crippen LogP contribution in [0.15, 0.2) is 72.9 Å². The standard InChI is InChI=1S/C24H21ClN2O3/c1-27-14-22(17-4-3-5-19(12-17)29-2)24(26-27)21-11-10-20(13-23(21)28)30-15-16-6-8-18(25)9-7-16/h3-14,28H,15H2,1-2H3. The Hall–Kier alpha value is -3.44. The van der Waals surface area contributed by atoms with E-state index in [0.717, 1.165) is 22.4 Å². The summed E-state index contributed by atoms with van der Waals surface area (Å²) >= 11 is 5.91.